The molecule has 0 aromatic carbocycles. The van der Waals surface area contributed by atoms with Gasteiger partial charge < -0.3 is 3.79 Å². The maximum atomic E-state index is 4.39. The fourth-order valence-corrected chi connectivity index (χ4v) is 0. The van der Waals surface area contributed by atoms with Crippen molar-refractivity contribution in [2.75, 3.05) is 7.11 Å². The second kappa shape index (κ2) is 8.94. The van der Waals surface area contributed by atoms with Gasteiger partial charge in [0.15, 0.2) is 0 Å². The van der Waals surface area contributed by atoms with Crippen molar-refractivity contribution in [3.05, 3.63) is 0 Å². The van der Waals surface area contributed by atoms with Crippen molar-refractivity contribution in [1.29, 1.82) is 0 Å². The Bertz CT molecular complexity index is 8.00. The zero-order chi connectivity index (χ0) is 2.71. The van der Waals surface area contributed by atoms with Gasteiger partial charge in [0.25, 0.3) is 0 Å². The summed E-state index contributed by atoms with van der Waals surface area (Å²) in [6.07, 6.45) is 0. The predicted octanol–water partition coefficient (Wildman–Crippen LogP) is -1.47. The van der Waals surface area contributed by atoms with E-state index in [1.807, 2.05) is 0 Å². The normalized spacial score (nSPS) is 4.25. The van der Waals surface area contributed by atoms with Gasteiger partial charge in [-0.3, -0.25) is 0 Å². The summed E-state index contributed by atoms with van der Waals surface area (Å²) >= 11 is 0.869. The molecule has 0 radical (unpaired) electrons. The maximum absolute atomic E-state index is 4.39. The minimum atomic E-state index is 0. The zero-order valence-electron chi connectivity index (χ0n) is 2.41. The third-order valence-electron chi connectivity index (χ3n) is 0. The van der Waals surface area contributed by atoms with Crippen molar-refractivity contribution in [3.8, 4) is 0 Å². The number of hydrogen-bond acceptors (Lipinski definition) is 1. The fraction of sp³-hybridized carbons (Fsp3) is 1.00. The molecule has 0 bridgehead atoms. The van der Waals surface area contributed by atoms with E-state index in [2.05, 4.69) is 3.79 Å². The van der Waals surface area contributed by atoms with Crippen molar-refractivity contribution < 1.29 is 3.79 Å². The summed E-state index contributed by atoms with van der Waals surface area (Å²) in [5.41, 5.74) is 0. The predicted molar refractivity (Wildman–Crippen MR) is 22.7 cm³/mol. The van der Waals surface area contributed by atoms with Gasteiger partial charge in [0, 0.05) is 7.11 Å². The van der Waals surface area contributed by atoms with Gasteiger partial charge in [-0.2, -0.15) is 0 Å². The van der Waals surface area contributed by atoms with Crippen LogP contribution in [0.1, 0.15) is 0 Å². The first-order chi connectivity index (χ1) is 1.41. The number of hydrogen-bond donors (Lipinski definition) is 0. The van der Waals surface area contributed by atoms with Gasteiger partial charge in [0.1, 0.15) is 0 Å². The van der Waals surface area contributed by atoms with Crippen LogP contribution >= 0.6 is 0 Å². The second-order valence-corrected chi connectivity index (χ2v) is 1.22. The molecule has 1 nitrogen and oxygen atoms in total. The van der Waals surface area contributed by atoms with Crippen LogP contribution in [0.15, 0.2) is 0 Å². The summed E-state index contributed by atoms with van der Waals surface area (Å²) in [6.45, 7) is 0. The molecule has 0 aliphatic rings. The van der Waals surface area contributed by atoms with Gasteiger partial charge in [0.2, 0.25) is 0 Å². The topological polar surface area (TPSA) is 9.23 Å². The van der Waals surface area contributed by atoms with Crippen LogP contribution in [0.3, 0.4) is 0 Å². The molecule has 0 aliphatic heterocycles. The molecule has 0 saturated carbocycles. The molecule has 0 fully saturated rings. The molecule has 0 atom stereocenters. The Morgan fingerprint density at radius 3 is 1.75 bits per heavy atom. The van der Waals surface area contributed by atoms with Crippen LogP contribution in [-0.4, -0.2) is 42.6 Å². The van der Waals surface area contributed by atoms with Crippen LogP contribution < -0.4 is 0 Å². The van der Waals surface area contributed by atoms with Gasteiger partial charge in [0.05, 0.1) is 0 Å². The van der Waals surface area contributed by atoms with E-state index >= 15 is 0 Å². The molecular weight excluding hydrogens is 61.9 g/mol. The second-order valence-electron chi connectivity index (χ2n) is 0.408. The standard InChI is InChI=1S/CH3O.Al.Li.3H/c1-2;;;;;/h1H3;;;;;/q-1;+1;;;;. The van der Waals surface area contributed by atoms with Crippen LogP contribution in [0.25, 0.3) is 0 Å². The van der Waals surface area contributed by atoms with Crippen LogP contribution in [0, 0.1) is 0 Å². The molecule has 0 saturated heterocycles. The Morgan fingerprint density at radius 1 is 1.75 bits per heavy atom. The van der Waals surface area contributed by atoms with E-state index in [9.17, 15) is 0 Å². The molecule has 0 aromatic heterocycles. The zero-order valence-corrected chi connectivity index (χ0v) is 4.41. The average molecular weight is 68.0 g/mol. The van der Waals surface area contributed by atoms with Gasteiger partial charge in [-0.15, -0.1) is 0 Å². The molecule has 0 N–H and O–H groups in total. The molecule has 4 heavy (non-hydrogen) atoms. The van der Waals surface area contributed by atoms with E-state index in [0.29, 0.717) is 0 Å². The first kappa shape index (κ1) is 8.92. The molecule has 0 spiro atoms. The SMILES string of the molecule is C[O][AlH2].[LiH]. The summed E-state index contributed by atoms with van der Waals surface area (Å²) in [7, 11) is 1.69. The third-order valence-corrected chi connectivity index (χ3v) is 0. The van der Waals surface area contributed by atoms with Crippen molar-refractivity contribution in [1.82, 2.24) is 0 Å². The van der Waals surface area contributed by atoms with Crippen molar-refractivity contribution >= 4 is 35.5 Å². The Labute approximate surface area is 46.6 Å². The molecule has 0 aliphatic carbocycles. The molecular formula is CH6AlLiO. The van der Waals surface area contributed by atoms with E-state index in [1.54, 1.807) is 7.11 Å². The minimum absolute atomic E-state index is 0. The Kier molecular flexibility index (Phi) is 19.9. The van der Waals surface area contributed by atoms with E-state index in [1.165, 1.54) is 0 Å². The molecule has 0 aromatic rings. The van der Waals surface area contributed by atoms with Gasteiger partial charge in [-0.1, -0.05) is 0 Å². The van der Waals surface area contributed by atoms with E-state index in [-0.39, 0.29) is 18.9 Å². The fourth-order valence-electron chi connectivity index (χ4n) is 0. The van der Waals surface area contributed by atoms with Crippen molar-refractivity contribution in [2.24, 2.45) is 0 Å². The molecule has 0 amide bonds. The molecule has 20 valence electrons. The quantitative estimate of drug-likeness (QED) is 0.315. The summed E-state index contributed by atoms with van der Waals surface area (Å²) in [5, 5.41) is 0. The molecule has 0 unspecified atom stereocenters. The Hall–Kier alpha value is 1.09. The summed E-state index contributed by atoms with van der Waals surface area (Å²) in [5.74, 6) is 0. The number of rotatable bonds is 0. The van der Waals surface area contributed by atoms with Gasteiger partial charge in [-0.25, -0.2) is 0 Å². The summed E-state index contributed by atoms with van der Waals surface area (Å²) < 4.78 is 4.39. The van der Waals surface area contributed by atoms with E-state index < -0.39 is 0 Å². The molecule has 3 heteroatoms. The van der Waals surface area contributed by atoms with Crippen LogP contribution in [-0.2, 0) is 3.79 Å². The summed E-state index contributed by atoms with van der Waals surface area (Å²) in [4.78, 5) is 0. The van der Waals surface area contributed by atoms with Crippen molar-refractivity contribution in [2.45, 2.75) is 0 Å². The Morgan fingerprint density at radius 2 is 1.75 bits per heavy atom. The third kappa shape index (κ3) is 11.4. The first-order valence-corrected chi connectivity index (χ1v) is 1.63. The van der Waals surface area contributed by atoms with Gasteiger partial charge in [-0.05, 0) is 0 Å². The van der Waals surface area contributed by atoms with Crippen LogP contribution in [0.5, 0.6) is 0 Å². The van der Waals surface area contributed by atoms with E-state index in [0.717, 1.165) is 16.6 Å². The molecule has 0 rings (SSSR count). The van der Waals surface area contributed by atoms with Crippen LogP contribution in [0.2, 0.25) is 0 Å². The summed E-state index contributed by atoms with van der Waals surface area (Å²) in [6, 6.07) is 0. The Balaban J connectivity index is 0. The van der Waals surface area contributed by atoms with Gasteiger partial charge >= 0.3 is 35.5 Å². The molecule has 0 heterocycles. The van der Waals surface area contributed by atoms with E-state index in [4.69, 9.17) is 0 Å². The first-order valence-electron chi connectivity index (χ1n) is 0.816. The average Bonchev–Trinajstić information content (AvgIpc) is 0.918. The monoisotopic (exact) mass is 68.0 g/mol. The van der Waals surface area contributed by atoms with Crippen LogP contribution in [0.4, 0.5) is 0 Å². The van der Waals surface area contributed by atoms with Crippen molar-refractivity contribution in [3.63, 3.8) is 0 Å².